The maximum absolute atomic E-state index is 12.1. The van der Waals surface area contributed by atoms with E-state index in [1.165, 1.54) is 6.07 Å². The molecule has 1 aromatic carbocycles. The number of carbonyl (C=O) groups excluding carboxylic acids is 1. The molecular formula is C14H22ClN3O3. The molecule has 0 aliphatic rings. The molecule has 0 saturated heterocycles. The second-order valence-electron chi connectivity index (χ2n) is 5.21. The van der Waals surface area contributed by atoms with Crippen molar-refractivity contribution in [3.8, 4) is 0 Å². The highest BCUT2D eigenvalue weighted by Crippen LogP contribution is 2.29. The number of halogens is 1. The molecule has 0 radical (unpaired) electrons. The maximum atomic E-state index is 12.1. The minimum Gasteiger partial charge on any atom is -0.351 e. The highest BCUT2D eigenvalue weighted by Gasteiger charge is 2.25. The molecule has 1 rings (SSSR count). The van der Waals surface area contributed by atoms with Crippen LogP contribution in [0.3, 0.4) is 0 Å². The first-order chi connectivity index (χ1) is 9.34. The average Bonchev–Trinajstić information content (AvgIpc) is 2.36. The first-order valence-corrected chi connectivity index (χ1v) is 6.54. The number of carbonyl (C=O) groups is 1. The third kappa shape index (κ3) is 5.32. The normalized spacial score (nSPS) is 10.4. The van der Waals surface area contributed by atoms with E-state index in [9.17, 15) is 14.9 Å². The van der Waals surface area contributed by atoms with E-state index in [-0.39, 0.29) is 29.6 Å². The summed E-state index contributed by atoms with van der Waals surface area (Å²) >= 11 is 0. The van der Waals surface area contributed by atoms with Crippen LogP contribution in [-0.4, -0.2) is 42.9 Å². The van der Waals surface area contributed by atoms with Crippen molar-refractivity contribution in [2.75, 3.05) is 27.2 Å². The maximum Gasteiger partial charge on any atom is 0.285 e. The van der Waals surface area contributed by atoms with Gasteiger partial charge in [-0.25, -0.2) is 0 Å². The van der Waals surface area contributed by atoms with E-state index in [1.54, 1.807) is 12.1 Å². The van der Waals surface area contributed by atoms with E-state index in [4.69, 9.17) is 0 Å². The van der Waals surface area contributed by atoms with Crippen molar-refractivity contribution in [1.82, 2.24) is 10.2 Å². The van der Waals surface area contributed by atoms with Crippen LogP contribution in [-0.2, 0) is 0 Å². The van der Waals surface area contributed by atoms with Gasteiger partial charge in [0.05, 0.1) is 4.92 Å². The van der Waals surface area contributed by atoms with Gasteiger partial charge in [0, 0.05) is 18.7 Å². The van der Waals surface area contributed by atoms with Crippen LogP contribution in [0.1, 0.15) is 35.7 Å². The van der Waals surface area contributed by atoms with Crippen LogP contribution in [0, 0.1) is 10.1 Å². The molecule has 0 atom stereocenters. The highest BCUT2D eigenvalue weighted by molar-refractivity contribution is 5.98. The molecule has 0 bridgehead atoms. The summed E-state index contributed by atoms with van der Waals surface area (Å²) in [6.07, 6.45) is 0. The molecule has 21 heavy (non-hydrogen) atoms. The molecule has 1 aromatic rings. The molecule has 7 heteroatoms. The number of benzene rings is 1. The summed E-state index contributed by atoms with van der Waals surface area (Å²) in [6, 6.07) is 4.87. The van der Waals surface area contributed by atoms with Crippen molar-refractivity contribution in [3.05, 3.63) is 39.4 Å². The van der Waals surface area contributed by atoms with Crippen LogP contribution in [0.5, 0.6) is 0 Å². The van der Waals surface area contributed by atoms with Crippen LogP contribution < -0.4 is 5.32 Å². The van der Waals surface area contributed by atoms with E-state index in [0.717, 1.165) is 0 Å². The second kappa shape index (κ2) is 8.59. The lowest BCUT2D eigenvalue weighted by atomic mass is 9.97. The monoisotopic (exact) mass is 315 g/mol. The third-order valence-corrected chi connectivity index (χ3v) is 2.96. The Balaban J connectivity index is 0.00000400. The smallest absolute Gasteiger partial charge is 0.285 e. The summed E-state index contributed by atoms with van der Waals surface area (Å²) in [7, 11) is 3.79. The van der Waals surface area contributed by atoms with Crippen molar-refractivity contribution >= 4 is 24.0 Å². The molecule has 0 spiro atoms. The molecule has 0 unspecified atom stereocenters. The Morgan fingerprint density at radius 3 is 2.48 bits per heavy atom. The largest absolute Gasteiger partial charge is 0.351 e. The molecule has 0 heterocycles. The lowest BCUT2D eigenvalue weighted by molar-refractivity contribution is -0.386. The van der Waals surface area contributed by atoms with Gasteiger partial charge in [0.2, 0.25) is 0 Å². The van der Waals surface area contributed by atoms with Crippen LogP contribution in [0.15, 0.2) is 18.2 Å². The summed E-state index contributed by atoms with van der Waals surface area (Å²) < 4.78 is 0. The van der Waals surface area contributed by atoms with Gasteiger partial charge in [-0.2, -0.15) is 0 Å². The van der Waals surface area contributed by atoms with Crippen molar-refractivity contribution in [3.63, 3.8) is 0 Å². The molecular weight excluding hydrogens is 294 g/mol. The number of hydrogen-bond donors (Lipinski definition) is 1. The molecule has 0 fully saturated rings. The number of nitrogens with one attached hydrogen (secondary N) is 1. The fourth-order valence-corrected chi connectivity index (χ4v) is 1.90. The molecule has 118 valence electrons. The van der Waals surface area contributed by atoms with E-state index in [1.807, 2.05) is 32.8 Å². The van der Waals surface area contributed by atoms with Gasteiger partial charge in [-0.3, -0.25) is 14.9 Å². The summed E-state index contributed by atoms with van der Waals surface area (Å²) in [4.78, 5) is 24.8. The van der Waals surface area contributed by atoms with Crippen LogP contribution in [0.4, 0.5) is 5.69 Å². The highest BCUT2D eigenvalue weighted by atomic mass is 35.5. The van der Waals surface area contributed by atoms with Gasteiger partial charge in [-0.1, -0.05) is 26.0 Å². The Morgan fingerprint density at radius 2 is 2.00 bits per heavy atom. The summed E-state index contributed by atoms with van der Waals surface area (Å²) in [6.45, 7) is 4.88. The number of nitro groups is 1. The van der Waals surface area contributed by atoms with Gasteiger partial charge in [-0.05, 0) is 26.1 Å². The zero-order valence-corrected chi connectivity index (χ0v) is 13.6. The molecule has 0 aliphatic carbocycles. The number of nitrogens with zero attached hydrogens (tertiary/aromatic N) is 2. The topological polar surface area (TPSA) is 75.5 Å². The molecule has 1 amide bonds. The van der Waals surface area contributed by atoms with Crippen molar-refractivity contribution in [1.29, 1.82) is 0 Å². The van der Waals surface area contributed by atoms with Crippen LogP contribution in [0.25, 0.3) is 0 Å². The van der Waals surface area contributed by atoms with Gasteiger partial charge in [-0.15, -0.1) is 12.4 Å². The SMILES string of the molecule is CC(C)c1cccc(C(=O)NCCN(C)C)c1[N+](=O)[O-].Cl. The minimum absolute atomic E-state index is 0. The van der Waals surface area contributed by atoms with E-state index in [2.05, 4.69) is 5.32 Å². The zero-order chi connectivity index (χ0) is 15.3. The van der Waals surface area contributed by atoms with Crippen molar-refractivity contribution in [2.24, 2.45) is 0 Å². The van der Waals surface area contributed by atoms with Gasteiger partial charge < -0.3 is 10.2 Å². The molecule has 6 nitrogen and oxygen atoms in total. The fourth-order valence-electron chi connectivity index (χ4n) is 1.90. The third-order valence-electron chi connectivity index (χ3n) is 2.96. The number of likely N-dealkylation sites (N-methyl/N-ethyl adjacent to an activating group) is 1. The predicted molar refractivity (Wildman–Crippen MR) is 85.3 cm³/mol. The summed E-state index contributed by atoms with van der Waals surface area (Å²) in [5.74, 6) is -0.411. The molecule has 0 aliphatic heterocycles. The number of nitro benzene ring substituents is 1. The standard InChI is InChI=1S/C14H21N3O3.ClH/c1-10(2)11-6-5-7-12(13(11)17(19)20)14(18)15-8-9-16(3)4;/h5-7,10H,8-9H2,1-4H3,(H,15,18);1H. The Kier molecular flexibility index (Phi) is 7.91. The van der Waals surface area contributed by atoms with Crippen molar-refractivity contribution < 1.29 is 9.72 Å². The molecule has 0 saturated carbocycles. The quantitative estimate of drug-likeness (QED) is 0.646. The Hall–Kier alpha value is -1.66. The van der Waals surface area contributed by atoms with Gasteiger partial charge in [0.1, 0.15) is 5.56 Å². The van der Waals surface area contributed by atoms with Crippen molar-refractivity contribution in [2.45, 2.75) is 19.8 Å². The molecule has 0 aromatic heterocycles. The fraction of sp³-hybridized carbons (Fsp3) is 0.500. The lowest BCUT2D eigenvalue weighted by Crippen LogP contribution is -2.31. The lowest BCUT2D eigenvalue weighted by Gasteiger charge is -2.12. The second-order valence-corrected chi connectivity index (χ2v) is 5.21. The van der Waals surface area contributed by atoms with Gasteiger partial charge in [0.15, 0.2) is 0 Å². The van der Waals surface area contributed by atoms with Crippen LogP contribution >= 0.6 is 12.4 Å². The summed E-state index contributed by atoms with van der Waals surface area (Å²) in [5, 5.41) is 14.0. The van der Waals surface area contributed by atoms with E-state index in [0.29, 0.717) is 18.7 Å². The Labute approximate surface area is 131 Å². The van der Waals surface area contributed by atoms with Gasteiger partial charge in [0.25, 0.3) is 11.6 Å². The number of hydrogen-bond acceptors (Lipinski definition) is 4. The van der Waals surface area contributed by atoms with E-state index >= 15 is 0 Å². The number of amides is 1. The minimum atomic E-state index is -0.476. The number of para-hydroxylation sites is 1. The average molecular weight is 316 g/mol. The number of rotatable bonds is 6. The zero-order valence-electron chi connectivity index (χ0n) is 12.8. The Morgan fingerprint density at radius 1 is 1.38 bits per heavy atom. The van der Waals surface area contributed by atoms with Crippen LogP contribution in [0.2, 0.25) is 0 Å². The molecule has 1 N–H and O–H groups in total. The van der Waals surface area contributed by atoms with E-state index < -0.39 is 10.8 Å². The summed E-state index contributed by atoms with van der Waals surface area (Å²) in [5.41, 5.74) is 0.611. The predicted octanol–water partition coefficient (Wildman–Crippen LogP) is 2.43. The Bertz CT molecular complexity index is 504. The first kappa shape index (κ1) is 19.3. The first-order valence-electron chi connectivity index (χ1n) is 6.54. The van der Waals surface area contributed by atoms with Gasteiger partial charge >= 0.3 is 0 Å².